The van der Waals surface area contributed by atoms with Crippen LogP contribution in [-0.4, -0.2) is 14.3 Å². The molecule has 0 spiro atoms. The quantitative estimate of drug-likeness (QED) is 0.584. The molecule has 1 amide bonds. The van der Waals surface area contributed by atoms with Crippen molar-refractivity contribution in [3.05, 3.63) is 95.8 Å². The minimum Gasteiger partial charge on any atom is -0.321 e. The van der Waals surface area contributed by atoms with Gasteiger partial charge in [0.1, 0.15) is 5.82 Å². The molecule has 0 bridgehead atoms. The second-order valence-electron chi connectivity index (χ2n) is 6.13. The maximum absolute atomic E-state index is 13.1. The Labute approximate surface area is 173 Å². The minimum atomic E-state index is -3.97. The van der Waals surface area contributed by atoms with Gasteiger partial charge in [-0.15, -0.1) is 0 Å². The average molecular weight is 421 g/mol. The topological polar surface area (TPSA) is 99.1 Å². The van der Waals surface area contributed by atoms with Gasteiger partial charge < -0.3 is 5.32 Å². The lowest BCUT2D eigenvalue weighted by molar-refractivity contribution is -0.111. The van der Waals surface area contributed by atoms with Gasteiger partial charge in [0.25, 0.3) is 10.0 Å². The van der Waals surface area contributed by atoms with Gasteiger partial charge in [-0.25, -0.2) is 12.8 Å². The highest BCUT2D eigenvalue weighted by Gasteiger charge is 2.16. The molecule has 0 fully saturated rings. The van der Waals surface area contributed by atoms with E-state index in [9.17, 15) is 17.6 Å². The number of nitrogens with one attached hydrogen (secondary N) is 2. The minimum absolute atomic E-state index is 0.113. The van der Waals surface area contributed by atoms with E-state index < -0.39 is 21.7 Å². The Kier molecular flexibility index (Phi) is 6.25. The summed E-state index contributed by atoms with van der Waals surface area (Å²) in [6.07, 6.45) is 2.75. The van der Waals surface area contributed by atoms with Crippen molar-refractivity contribution in [1.29, 1.82) is 5.26 Å². The third-order valence-electron chi connectivity index (χ3n) is 4.05. The molecule has 0 radical (unpaired) electrons. The van der Waals surface area contributed by atoms with Crippen LogP contribution in [-0.2, 0) is 14.8 Å². The van der Waals surface area contributed by atoms with Gasteiger partial charge in [0, 0.05) is 6.08 Å². The molecule has 0 atom stereocenters. The highest BCUT2D eigenvalue weighted by Crippen LogP contribution is 2.24. The molecule has 3 rings (SSSR count). The van der Waals surface area contributed by atoms with Gasteiger partial charge in [-0.05, 0) is 54.1 Å². The first kappa shape index (κ1) is 20.8. The van der Waals surface area contributed by atoms with E-state index in [1.807, 2.05) is 6.07 Å². The molecule has 2 N–H and O–H groups in total. The van der Waals surface area contributed by atoms with Crippen molar-refractivity contribution in [2.24, 2.45) is 0 Å². The molecule has 3 aromatic carbocycles. The lowest BCUT2D eigenvalue weighted by Gasteiger charge is -2.13. The zero-order valence-corrected chi connectivity index (χ0v) is 16.4. The zero-order valence-electron chi connectivity index (χ0n) is 15.5. The predicted molar refractivity (Wildman–Crippen MR) is 112 cm³/mol. The van der Waals surface area contributed by atoms with Crippen molar-refractivity contribution in [2.45, 2.75) is 4.90 Å². The molecule has 0 aromatic heterocycles. The molecular weight excluding hydrogens is 405 g/mol. The van der Waals surface area contributed by atoms with E-state index in [1.165, 1.54) is 24.3 Å². The number of carbonyl (C=O) groups excluding carboxylic acids is 1. The van der Waals surface area contributed by atoms with E-state index in [0.29, 0.717) is 11.1 Å². The lowest BCUT2D eigenvalue weighted by Crippen LogP contribution is -2.16. The molecule has 0 aliphatic carbocycles. The molecular formula is C22H16FN3O3S. The van der Waals surface area contributed by atoms with Crippen molar-refractivity contribution in [3.63, 3.8) is 0 Å². The smallest absolute Gasteiger partial charge is 0.261 e. The number of para-hydroxylation sites is 2. The number of rotatable bonds is 6. The molecule has 150 valence electrons. The van der Waals surface area contributed by atoms with Crippen LogP contribution in [0.2, 0.25) is 0 Å². The predicted octanol–water partition coefficient (Wildman–Crippen LogP) is 4.15. The number of hydrogen-bond donors (Lipinski definition) is 2. The Bertz CT molecular complexity index is 1250. The van der Waals surface area contributed by atoms with E-state index in [0.717, 1.165) is 24.3 Å². The van der Waals surface area contributed by atoms with Crippen LogP contribution in [0.3, 0.4) is 0 Å². The number of amides is 1. The second kappa shape index (κ2) is 9.03. The van der Waals surface area contributed by atoms with Crippen LogP contribution in [0.4, 0.5) is 15.8 Å². The number of hydrogen-bond acceptors (Lipinski definition) is 4. The van der Waals surface area contributed by atoms with Gasteiger partial charge in [-0.3, -0.25) is 9.52 Å². The molecule has 3 aromatic rings. The van der Waals surface area contributed by atoms with E-state index in [4.69, 9.17) is 5.26 Å². The second-order valence-corrected chi connectivity index (χ2v) is 7.81. The highest BCUT2D eigenvalue weighted by molar-refractivity contribution is 7.92. The fraction of sp³-hybridized carbons (Fsp3) is 0. The number of carbonyl (C=O) groups is 1. The number of benzene rings is 3. The third-order valence-corrected chi connectivity index (χ3v) is 5.43. The zero-order chi connectivity index (χ0) is 21.6. The van der Waals surface area contributed by atoms with Crippen LogP contribution in [0, 0.1) is 17.1 Å². The van der Waals surface area contributed by atoms with Crippen molar-refractivity contribution >= 4 is 33.4 Å². The van der Waals surface area contributed by atoms with Crippen molar-refractivity contribution in [1.82, 2.24) is 0 Å². The Balaban J connectivity index is 1.78. The van der Waals surface area contributed by atoms with Gasteiger partial charge in [0.2, 0.25) is 5.91 Å². The van der Waals surface area contributed by atoms with E-state index in [-0.39, 0.29) is 16.3 Å². The number of halogens is 1. The SMILES string of the molecule is N#Cc1ccccc1/C=C/C(=O)Nc1ccccc1NS(=O)(=O)c1ccc(F)cc1. The number of nitrogens with zero attached hydrogens (tertiary/aromatic N) is 1. The summed E-state index contributed by atoms with van der Waals surface area (Å²) < 4.78 is 40.5. The summed E-state index contributed by atoms with van der Waals surface area (Å²) >= 11 is 0. The Morgan fingerprint density at radius 1 is 0.933 bits per heavy atom. The average Bonchev–Trinajstić information content (AvgIpc) is 2.74. The molecule has 6 nitrogen and oxygen atoms in total. The fourth-order valence-electron chi connectivity index (χ4n) is 2.58. The Morgan fingerprint density at radius 2 is 1.57 bits per heavy atom. The van der Waals surface area contributed by atoms with E-state index in [2.05, 4.69) is 10.0 Å². The Hall–Kier alpha value is -3.96. The summed E-state index contributed by atoms with van der Waals surface area (Å²) in [4.78, 5) is 12.2. The molecule has 0 heterocycles. The third kappa shape index (κ3) is 5.10. The van der Waals surface area contributed by atoms with Gasteiger partial charge in [0.15, 0.2) is 0 Å². The summed E-state index contributed by atoms with van der Waals surface area (Å²) in [5, 5.41) is 11.7. The summed E-state index contributed by atoms with van der Waals surface area (Å²) in [5.74, 6) is -1.05. The standard InChI is InChI=1S/C22H16FN3O3S/c23-18-10-12-19(13-11-18)30(28,29)26-21-8-4-3-7-20(21)25-22(27)14-9-16-5-1-2-6-17(16)15-24/h1-14,26H,(H,25,27)/b14-9+. The summed E-state index contributed by atoms with van der Waals surface area (Å²) in [7, 11) is -3.97. The molecule has 0 saturated heterocycles. The van der Waals surface area contributed by atoms with Gasteiger partial charge >= 0.3 is 0 Å². The molecule has 0 unspecified atom stereocenters. The largest absolute Gasteiger partial charge is 0.321 e. The first-order chi connectivity index (χ1) is 14.4. The van der Waals surface area contributed by atoms with Crippen LogP contribution in [0.5, 0.6) is 0 Å². The lowest BCUT2D eigenvalue weighted by atomic mass is 10.1. The molecule has 0 saturated carbocycles. The first-order valence-electron chi connectivity index (χ1n) is 8.75. The van der Waals surface area contributed by atoms with E-state index in [1.54, 1.807) is 36.4 Å². The first-order valence-corrected chi connectivity index (χ1v) is 10.2. The van der Waals surface area contributed by atoms with Crippen LogP contribution in [0.25, 0.3) is 6.08 Å². The van der Waals surface area contributed by atoms with Crippen molar-refractivity contribution in [3.8, 4) is 6.07 Å². The summed E-state index contributed by atoms with van der Waals surface area (Å²) in [6, 6.07) is 19.5. The number of nitriles is 1. The maximum Gasteiger partial charge on any atom is 0.261 e. The van der Waals surface area contributed by atoms with Gasteiger partial charge in [-0.1, -0.05) is 30.3 Å². The van der Waals surface area contributed by atoms with Gasteiger partial charge in [0.05, 0.1) is 27.9 Å². The maximum atomic E-state index is 13.1. The van der Waals surface area contributed by atoms with Crippen molar-refractivity contribution in [2.75, 3.05) is 10.0 Å². The van der Waals surface area contributed by atoms with Crippen molar-refractivity contribution < 1.29 is 17.6 Å². The van der Waals surface area contributed by atoms with Crippen LogP contribution in [0.15, 0.2) is 83.8 Å². The monoisotopic (exact) mass is 421 g/mol. The van der Waals surface area contributed by atoms with Crippen LogP contribution >= 0.6 is 0 Å². The molecule has 0 aliphatic rings. The molecule has 8 heteroatoms. The van der Waals surface area contributed by atoms with Crippen LogP contribution in [0.1, 0.15) is 11.1 Å². The Morgan fingerprint density at radius 3 is 2.27 bits per heavy atom. The number of anilines is 2. The fourth-order valence-corrected chi connectivity index (χ4v) is 3.66. The summed E-state index contributed by atoms with van der Waals surface area (Å²) in [6.45, 7) is 0. The van der Waals surface area contributed by atoms with Crippen LogP contribution < -0.4 is 10.0 Å². The molecule has 30 heavy (non-hydrogen) atoms. The number of sulfonamides is 1. The van der Waals surface area contributed by atoms with E-state index >= 15 is 0 Å². The normalized spacial score (nSPS) is 11.1. The molecule has 0 aliphatic heterocycles. The summed E-state index contributed by atoms with van der Waals surface area (Å²) in [5.41, 5.74) is 1.40. The highest BCUT2D eigenvalue weighted by atomic mass is 32.2. The van der Waals surface area contributed by atoms with Gasteiger partial charge in [-0.2, -0.15) is 5.26 Å².